The number of Topliss-reactive ketones (excluding diaryl/α,β-unsaturated/α-hetero) is 1. The second-order valence-corrected chi connectivity index (χ2v) is 8.04. The van der Waals surface area contributed by atoms with Crippen molar-refractivity contribution in [2.75, 3.05) is 23.7 Å². The molecule has 1 fully saturated rings. The van der Waals surface area contributed by atoms with E-state index in [4.69, 9.17) is 0 Å². The van der Waals surface area contributed by atoms with Gasteiger partial charge in [-0.05, 0) is 56.9 Å². The van der Waals surface area contributed by atoms with E-state index in [9.17, 15) is 14.4 Å². The van der Waals surface area contributed by atoms with E-state index >= 15 is 0 Å². The summed E-state index contributed by atoms with van der Waals surface area (Å²) in [5.74, 6) is -0.0496. The number of piperidine rings is 1. The second-order valence-electron chi connectivity index (χ2n) is 8.04. The molecule has 0 radical (unpaired) electrons. The molecular weight excluding hydrogens is 378 g/mol. The molecule has 158 valence electrons. The predicted octanol–water partition coefficient (Wildman–Crippen LogP) is 4.72. The molecule has 2 aromatic rings. The molecule has 1 atom stereocenters. The Morgan fingerprint density at radius 2 is 1.63 bits per heavy atom. The van der Waals surface area contributed by atoms with E-state index in [1.807, 2.05) is 38.1 Å². The van der Waals surface area contributed by atoms with Crippen molar-refractivity contribution in [1.82, 2.24) is 4.90 Å². The average Bonchev–Trinajstić information content (AvgIpc) is 2.75. The largest absolute Gasteiger partial charge is 0.326 e. The fourth-order valence-electron chi connectivity index (χ4n) is 3.73. The molecule has 0 saturated carbocycles. The molecule has 6 heteroatoms. The number of amides is 3. The van der Waals surface area contributed by atoms with Gasteiger partial charge in [0.1, 0.15) is 0 Å². The first-order valence-electron chi connectivity index (χ1n) is 10.4. The van der Waals surface area contributed by atoms with E-state index in [-0.39, 0.29) is 29.6 Å². The van der Waals surface area contributed by atoms with E-state index in [1.54, 1.807) is 29.2 Å². The minimum absolute atomic E-state index is 0.0320. The van der Waals surface area contributed by atoms with Crippen molar-refractivity contribution >= 4 is 29.1 Å². The predicted molar refractivity (Wildman–Crippen MR) is 119 cm³/mol. The van der Waals surface area contributed by atoms with Crippen molar-refractivity contribution in [2.45, 2.75) is 33.6 Å². The molecule has 1 aliphatic heterocycles. The van der Waals surface area contributed by atoms with Crippen LogP contribution >= 0.6 is 0 Å². The third kappa shape index (κ3) is 5.47. The van der Waals surface area contributed by atoms with Gasteiger partial charge in [-0.15, -0.1) is 0 Å². The van der Waals surface area contributed by atoms with E-state index in [0.717, 1.165) is 24.1 Å². The molecular formula is C24H29N3O3. The number of hydrogen-bond donors (Lipinski definition) is 2. The Kier molecular flexibility index (Phi) is 6.87. The van der Waals surface area contributed by atoms with Gasteiger partial charge < -0.3 is 15.5 Å². The van der Waals surface area contributed by atoms with Crippen LogP contribution in [0, 0.1) is 18.8 Å². The van der Waals surface area contributed by atoms with Gasteiger partial charge in [0.25, 0.3) is 0 Å². The number of carbonyl (C=O) groups excluding carboxylic acids is 3. The van der Waals surface area contributed by atoms with Gasteiger partial charge in [-0.2, -0.15) is 0 Å². The van der Waals surface area contributed by atoms with Gasteiger partial charge in [-0.3, -0.25) is 9.59 Å². The summed E-state index contributed by atoms with van der Waals surface area (Å²) in [5, 5.41) is 5.85. The van der Waals surface area contributed by atoms with Crippen molar-refractivity contribution < 1.29 is 14.4 Å². The number of ketones is 1. The van der Waals surface area contributed by atoms with E-state index in [1.165, 1.54) is 6.92 Å². The average molecular weight is 408 g/mol. The maximum absolute atomic E-state index is 12.7. The summed E-state index contributed by atoms with van der Waals surface area (Å²) in [6.07, 6.45) is 1.56. The Hall–Kier alpha value is -3.15. The fourth-order valence-corrected chi connectivity index (χ4v) is 3.73. The van der Waals surface area contributed by atoms with E-state index in [0.29, 0.717) is 24.3 Å². The summed E-state index contributed by atoms with van der Waals surface area (Å²) in [7, 11) is 0. The second kappa shape index (κ2) is 9.57. The number of carbonyl (C=O) groups is 3. The Morgan fingerprint density at radius 3 is 2.27 bits per heavy atom. The lowest BCUT2D eigenvalue weighted by atomic mass is 9.85. The fraction of sp³-hybridized carbons (Fsp3) is 0.375. The van der Waals surface area contributed by atoms with Crippen LogP contribution < -0.4 is 10.6 Å². The van der Waals surface area contributed by atoms with Crippen LogP contribution in [0.5, 0.6) is 0 Å². The first kappa shape index (κ1) is 21.6. The summed E-state index contributed by atoms with van der Waals surface area (Å²) in [4.78, 5) is 38.5. The van der Waals surface area contributed by atoms with Crippen LogP contribution in [-0.2, 0) is 4.79 Å². The zero-order chi connectivity index (χ0) is 21.7. The molecule has 0 aromatic heterocycles. The molecule has 2 N–H and O–H groups in total. The zero-order valence-electron chi connectivity index (χ0n) is 17.8. The molecule has 30 heavy (non-hydrogen) atoms. The normalized spacial score (nSPS) is 15.4. The summed E-state index contributed by atoms with van der Waals surface area (Å²) in [5.41, 5.74) is 3.14. The molecule has 0 aliphatic carbocycles. The van der Waals surface area contributed by atoms with Gasteiger partial charge in [0, 0.05) is 35.9 Å². The van der Waals surface area contributed by atoms with Crippen LogP contribution in [0.3, 0.4) is 0 Å². The number of benzene rings is 2. The Balaban J connectivity index is 1.50. The minimum Gasteiger partial charge on any atom is -0.326 e. The number of nitrogens with one attached hydrogen (secondary N) is 2. The third-order valence-electron chi connectivity index (χ3n) is 5.79. The van der Waals surface area contributed by atoms with E-state index < -0.39 is 0 Å². The SMILES string of the molecule is CC(=O)c1cccc(NC(=O)[C@H](C)C2CCN(C(=O)Nc3ccc(C)cc3)CC2)c1. The van der Waals surface area contributed by atoms with Gasteiger partial charge in [0.2, 0.25) is 5.91 Å². The molecule has 3 amide bonds. The summed E-state index contributed by atoms with van der Waals surface area (Å²) in [6.45, 7) is 6.69. The monoisotopic (exact) mass is 407 g/mol. The van der Waals surface area contributed by atoms with Crippen LogP contribution in [0.1, 0.15) is 42.6 Å². The first-order valence-corrected chi connectivity index (χ1v) is 10.4. The van der Waals surface area contributed by atoms with Crippen molar-refractivity contribution in [3.05, 3.63) is 59.7 Å². The molecule has 1 heterocycles. The summed E-state index contributed by atoms with van der Waals surface area (Å²) >= 11 is 0. The highest BCUT2D eigenvalue weighted by atomic mass is 16.2. The number of urea groups is 1. The lowest BCUT2D eigenvalue weighted by molar-refractivity contribution is -0.121. The van der Waals surface area contributed by atoms with Gasteiger partial charge in [0.05, 0.1) is 0 Å². The number of rotatable bonds is 5. The van der Waals surface area contributed by atoms with Crippen molar-refractivity contribution in [1.29, 1.82) is 0 Å². The lowest BCUT2D eigenvalue weighted by Gasteiger charge is -2.34. The van der Waals surface area contributed by atoms with Crippen LogP contribution in [-0.4, -0.2) is 35.7 Å². The highest BCUT2D eigenvalue weighted by Crippen LogP contribution is 2.27. The number of hydrogen-bond acceptors (Lipinski definition) is 3. The van der Waals surface area contributed by atoms with Crippen LogP contribution in [0.25, 0.3) is 0 Å². The van der Waals surface area contributed by atoms with Gasteiger partial charge in [-0.25, -0.2) is 4.79 Å². The van der Waals surface area contributed by atoms with Gasteiger partial charge >= 0.3 is 6.03 Å². The molecule has 2 aromatic carbocycles. The highest BCUT2D eigenvalue weighted by molar-refractivity contribution is 5.97. The molecule has 1 saturated heterocycles. The topological polar surface area (TPSA) is 78.5 Å². The lowest BCUT2D eigenvalue weighted by Crippen LogP contribution is -2.43. The van der Waals surface area contributed by atoms with Crippen molar-refractivity contribution in [3.8, 4) is 0 Å². The summed E-state index contributed by atoms with van der Waals surface area (Å²) < 4.78 is 0. The van der Waals surface area contributed by atoms with Crippen LogP contribution in [0.4, 0.5) is 16.2 Å². The maximum Gasteiger partial charge on any atom is 0.321 e. The van der Waals surface area contributed by atoms with Crippen LogP contribution in [0.15, 0.2) is 48.5 Å². The molecule has 3 rings (SSSR count). The minimum atomic E-state index is -0.173. The first-order chi connectivity index (χ1) is 14.3. The molecule has 6 nitrogen and oxygen atoms in total. The number of aryl methyl sites for hydroxylation is 1. The Morgan fingerprint density at radius 1 is 0.967 bits per heavy atom. The Labute approximate surface area is 177 Å². The Bertz CT molecular complexity index is 916. The standard InChI is InChI=1S/C24H29N3O3/c1-16-7-9-21(10-8-16)26-24(30)27-13-11-19(12-14-27)17(2)23(29)25-22-6-4-5-20(15-22)18(3)28/h4-10,15,17,19H,11-14H2,1-3H3,(H,25,29)(H,26,30)/t17-/m1/s1. The quantitative estimate of drug-likeness (QED) is 0.704. The molecule has 0 unspecified atom stereocenters. The molecule has 1 aliphatic rings. The van der Waals surface area contributed by atoms with Crippen molar-refractivity contribution in [3.63, 3.8) is 0 Å². The van der Waals surface area contributed by atoms with Crippen molar-refractivity contribution in [2.24, 2.45) is 11.8 Å². The molecule has 0 bridgehead atoms. The zero-order valence-corrected chi connectivity index (χ0v) is 17.8. The van der Waals surface area contributed by atoms with Gasteiger partial charge in [-0.1, -0.05) is 36.8 Å². The third-order valence-corrected chi connectivity index (χ3v) is 5.79. The van der Waals surface area contributed by atoms with Gasteiger partial charge in [0.15, 0.2) is 5.78 Å². The van der Waals surface area contributed by atoms with E-state index in [2.05, 4.69) is 10.6 Å². The number of nitrogens with zero attached hydrogens (tertiary/aromatic N) is 1. The highest BCUT2D eigenvalue weighted by Gasteiger charge is 2.30. The summed E-state index contributed by atoms with van der Waals surface area (Å²) in [6, 6.07) is 14.6. The smallest absolute Gasteiger partial charge is 0.321 e. The maximum atomic E-state index is 12.7. The van der Waals surface area contributed by atoms with Crippen LogP contribution in [0.2, 0.25) is 0 Å². The number of anilines is 2. The number of likely N-dealkylation sites (tertiary alicyclic amines) is 1. The molecule has 0 spiro atoms.